The van der Waals surface area contributed by atoms with Gasteiger partial charge in [0.2, 0.25) is 15.9 Å². The molecule has 0 spiro atoms. The maximum atomic E-state index is 14.8. The highest BCUT2D eigenvalue weighted by molar-refractivity contribution is 7.89. The number of halogens is 4. The number of rotatable bonds is 8. The van der Waals surface area contributed by atoms with Crippen LogP contribution >= 0.6 is 0 Å². The number of alkyl halides is 3. The summed E-state index contributed by atoms with van der Waals surface area (Å²) < 4.78 is 81.6. The molecule has 184 valence electrons. The molecular weight excluding hydrogens is 482 g/mol. The Morgan fingerprint density at radius 3 is 2.44 bits per heavy atom. The van der Waals surface area contributed by atoms with E-state index in [1.54, 1.807) is 0 Å². The molecule has 2 N–H and O–H groups in total. The Morgan fingerprint density at radius 2 is 1.85 bits per heavy atom. The van der Waals surface area contributed by atoms with Gasteiger partial charge in [0.15, 0.2) is 5.75 Å². The fraction of sp³-hybridized carbons (Fsp3) is 0.333. The summed E-state index contributed by atoms with van der Waals surface area (Å²) in [6.45, 7) is 1.26. The van der Waals surface area contributed by atoms with Gasteiger partial charge in [-0.3, -0.25) is 9.69 Å². The van der Waals surface area contributed by atoms with E-state index in [0.717, 1.165) is 6.07 Å². The summed E-state index contributed by atoms with van der Waals surface area (Å²) in [4.78, 5) is 24.4. The fourth-order valence-corrected chi connectivity index (χ4v) is 4.18. The standard InChI is InChI=1S/C21H21F4N3O5S/c1-13(29)26-10-17-11-28(20(30)33-17)16-6-7-18(19(22)8-16)15-4-2-14(3-5-15)9-27-34(31,32)12-21(23,24)25/h2-8,17,27H,9-12H2,1H3,(H,26,29)/t17-/m0/s1. The summed E-state index contributed by atoms with van der Waals surface area (Å²) >= 11 is 0. The summed E-state index contributed by atoms with van der Waals surface area (Å²) in [6.07, 6.45) is -6.09. The number of hydrogen-bond acceptors (Lipinski definition) is 5. The molecule has 2 amide bonds. The number of nitrogens with one attached hydrogen (secondary N) is 2. The average molecular weight is 503 g/mol. The van der Waals surface area contributed by atoms with Gasteiger partial charge in [0.05, 0.1) is 18.8 Å². The van der Waals surface area contributed by atoms with Gasteiger partial charge in [-0.05, 0) is 29.3 Å². The van der Waals surface area contributed by atoms with Crippen LogP contribution in [0.3, 0.4) is 0 Å². The van der Waals surface area contributed by atoms with E-state index in [1.807, 2.05) is 4.72 Å². The van der Waals surface area contributed by atoms with Crippen LogP contribution in [0.15, 0.2) is 42.5 Å². The van der Waals surface area contributed by atoms with Crippen LogP contribution in [0.1, 0.15) is 12.5 Å². The Morgan fingerprint density at radius 1 is 1.18 bits per heavy atom. The Bertz CT molecular complexity index is 1170. The summed E-state index contributed by atoms with van der Waals surface area (Å²) in [7, 11) is -4.53. The second-order valence-electron chi connectivity index (χ2n) is 7.61. The number of ether oxygens (including phenoxy) is 1. The van der Waals surface area contributed by atoms with Crippen LogP contribution in [0.25, 0.3) is 11.1 Å². The quantitative estimate of drug-likeness (QED) is 0.539. The monoisotopic (exact) mass is 503 g/mol. The van der Waals surface area contributed by atoms with Crippen molar-refractivity contribution >= 4 is 27.7 Å². The van der Waals surface area contributed by atoms with Crippen molar-refractivity contribution in [1.82, 2.24) is 10.0 Å². The first-order valence-electron chi connectivity index (χ1n) is 9.98. The highest BCUT2D eigenvalue weighted by Gasteiger charge is 2.35. The van der Waals surface area contributed by atoms with Gasteiger partial charge in [-0.25, -0.2) is 22.3 Å². The SMILES string of the molecule is CC(=O)NC[C@H]1CN(c2ccc(-c3ccc(CNS(=O)(=O)CC(F)(F)F)cc3)c(F)c2)C(=O)O1. The van der Waals surface area contributed by atoms with Crippen molar-refractivity contribution < 1.29 is 40.3 Å². The number of carbonyl (C=O) groups is 2. The Balaban J connectivity index is 1.66. The van der Waals surface area contributed by atoms with Crippen LogP contribution in [0.2, 0.25) is 0 Å². The summed E-state index contributed by atoms with van der Waals surface area (Å²) in [6, 6.07) is 10.1. The molecule has 1 fully saturated rings. The molecular formula is C21H21F4N3O5S. The van der Waals surface area contributed by atoms with E-state index in [-0.39, 0.29) is 36.8 Å². The lowest BCUT2D eigenvalue weighted by Gasteiger charge is -2.15. The summed E-state index contributed by atoms with van der Waals surface area (Å²) in [5.41, 5.74) is 1.30. The molecule has 1 saturated heterocycles. The number of benzene rings is 2. The second kappa shape index (κ2) is 9.97. The smallest absolute Gasteiger partial charge is 0.414 e. The van der Waals surface area contributed by atoms with Crippen LogP contribution in [0.5, 0.6) is 0 Å². The van der Waals surface area contributed by atoms with Gasteiger partial charge in [0.1, 0.15) is 11.9 Å². The number of anilines is 1. The number of hydrogen-bond donors (Lipinski definition) is 2. The number of nitrogens with zero attached hydrogens (tertiary/aromatic N) is 1. The maximum absolute atomic E-state index is 14.8. The Hall–Kier alpha value is -3.19. The van der Waals surface area contributed by atoms with Gasteiger partial charge in [-0.15, -0.1) is 0 Å². The summed E-state index contributed by atoms with van der Waals surface area (Å²) in [5.74, 6) is -2.88. The van der Waals surface area contributed by atoms with Crippen LogP contribution < -0.4 is 14.9 Å². The van der Waals surface area contributed by atoms with Crippen molar-refractivity contribution in [2.75, 3.05) is 23.7 Å². The number of carbonyl (C=O) groups excluding carboxylic acids is 2. The molecule has 8 nitrogen and oxygen atoms in total. The molecule has 13 heteroatoms. The molecule has 1 heterocycles. The third-order valence-corrected chi connectivity index (χ3v) is 6.12. The van der Waals surface area contributed by atoms with Gasteiger partial charge in [-0.1, -0.05) is 24.3 Å². The molecule has 1 atom stereocenters. The Kier molecular flexibility index (Phi) is 7.46. The normalized spacial score (nSPS) is 16.4. The maximum Gasteiger partial charge on any atom is 0.414 e. The number of cyclic esters (lactones) is 1. The van der Waals surface area contributed by atoms with E-state index in [2.05, 4.69) is 5.32 Å². The molecule has 0 radical (unpaired) electrons. The third kappa shape index (κ3) is 6.90. The van der Waals surface area contributed by atoms with Crippen molar-refractivity contribution in [2.24, 2.45) is 0 Å². The predicted octanol–water partition coefficient (Wildman–Crippen LogP) is 2.94. The highest BCUT2D eigenvalue weighted by Crippen LogP contribution is 2.29. The molecule has 0 aliphatic carbocycles. The second-order valence-corrected chi connectivity index (χ2v) is 9.42. The number of amides is 2. The lowest BCUT2D eigenvalue weighted by molar-refractivity contribution is -0.119. The molecule has 1 aliphatic rings. The van der Waals surface area contributed by atoms with Gasteiger partial charge in [0, 0.05) is 19.0 Å². The van der Waals surface area contributed by atoms with Gasteiger partial charge in [-0.2, -0.15) is 13.2 Å². The zero-order valence-electron chi connectivity index (χ0n) is 17.9. The minimum Gasteiger partial charge on any atom is -0.442 e. The van der Waals surface area contributed by atoms with Gasteiger partial charge >= 0.3 is 12.3 Å². The molecule has 2 aromatic carbocycles. The van der Waals surface area contributed by atoms with Crippen molar-refractivity contribution in [3.63, 3.8) is 0 Å². The van der Waals surface area contributed by atoms with Crippen LogP contribution in [0, 0.1) is 5.82 Å². The van der Waals surface area contributed by atoms with E-state index in [4.69, 9.17) is 4.74 Å². The van der Waals surface area contributed by atoms with E-state index in [0.29, 0.717) is 11.1 Å². The van der Waals surface area contributed by atoms with Crippen molar-refractivity contribution in [3.05, 3.63) is 53.8 Å². The zero-order chi connectivity index (χ0) is 25.1. The van der Waals surface area contributed by atoms with E-state index < -0.39 is 40.0 Å². The van der Waals surface area contributed by atoms with E-state index >= 15 is 0 Å². The van der Waals surface area contributed by atoms with E-state index in [1.165, 1.54) is 48.2 Å². The number of sulfonamides is 1. The fourth-order valence-electron chi connectivity index (χ4n) is 3.26. The first-order chi connectivity index (χ1) is 15.8. The molecule has 2 aromatic rings. The van der Waals surface area contributed by atoms with Gasteiger partial charge in [0.25, 0.3) is 0 Å². The van der Waals surface area contributed by atoms with Crippen LogP contribution in [0.4, 0.5) is 28.0 Å². The van der Waals surface area contributed by atoms with Crippen LogP contribution in [-0.2, 0) is 26.1 Å². The largest absolute Gasteiger partial charge is 0.442 e. The van der Waals surface area contributed by atoms with Crippen molar-refractivity contribution in [1.29, 1.82) is 0 Å². The molecule has 34 heavy (non-hydrogen) atoms. The predicted molar refractivity (Wildman–Crippen MR) is 115 cm³/mol. The first kappa shape index (κ1) is 25.4. The molecule has 0 aromatic heterocycles. The Labute approximate surface area is 192 Å². The lowest BCUT2D eigenvalue weighted by Crippen LogP contribution is -2.33. The lowest BCUT2D eigenvalue weighted by atomic mass is 10.0. The summed E-state index contributed by atoms with van der Waals surface area (Å²) in [5, 5.41) is 2.55. The average Bonchev–Trinajstić information content (AvgIpc) is 3.10. The topological polar surface area (TPSA) is 105 Å². The minimum atomic E-state index is -4.85. The highest BCUT2D eigenvalue weighted by atomic mass is 32.2. The van der Waals surface area contributed by atoms with E-state index in [9.17, 15) is 35.6 Å². The van der Waals surface area contributed by atoms with Crippen molar-refractivity contribution in [2.45, 2.75) is 25.7 Å². The zero-order valence-corrected chi connectivity index (χ0v) is 18.7. The first-order valence-corrected chi connectivity index (χ1v) is 11.6. The molecule has 0 saturated carbocycles. The minimum absolute atomic E-state index is 0.136. The molecule has 3 rings (SSSR count). The van der Waals surface area contributed by atoms with Crippen LogP contribution in [-0.4, -0.2) is 51.5 Å². The molecule has 0 unspecified atom stereocenters. The third-order valence-electron chi connectivity index (χ3n) is 4.83. The van der Waals surface area contributed by atoms with Crippen molar-refractivity contribution in [3.8, 4) is 11.1 Å². The molecule has 1 aliphatic heterocycles. The van der Waals surface area contributed by atoms with Gasteiger partial charge < -0.3 is 10.1 Å². The molecule has 0 bridgehead atoms.